The second-order valence-corrected chi connectivity index (χ2v) is 8.11. The number of piperidine rings is 1. The van der Waals surface area contributed by atoms with Crippen LogP contribution in [-0.2, 0) is 6.54 Å². The minimum absolute atomic E-state index is 0.0258. The Morgan fingerprint density at radius 2 is 2.06 bits per heavy atom. The fraction of sp³-hybridized carbons (Fsp3) is 0.333. The average molecular weight is 433 g/mol. The lowest BCUT2D eigenvalue weighted by molar-refractivity contribution is 0.0705. The van der Waals surface area contributed by atoms with E-state index in [2.05, 4.69) is 20.5 Å². The summed E-state index contributed by atoms with van der Waals surface area (Å²) in [5.41, 5.74) is 3.05. The number of hydrogen-bond acceptors (Lipinski definition) is 5. The number of H-pyrrole nitrogens is 1. The largest absolute Gasteiger partial charge is 0.373 e. The average Bonchev–Trinajstić information content (AvgIpc) is 3.34. The van der Waals surface area contributed by atoms with Crippen molar-refractivity contribution >= 4 is 17.6 Å². The first-order valence-electron chi connectivity index (χ1n) is 10.8. The quantitative estimate of drug-likeness (QED) is 0.624. The third-order valence-electron chi connectivity index (χ3n) is 5.89. The first-order valence-corrected chi connectivity index (χ1v) is 10.8. The molecule has 4 rings (SSSR count). The van der Waals surface area contributed by atoms with Gasteiger partial charge in [0.2, 0.25) is 0 Å². The third kappa shape index (κ3) is 4.64. The number of anilines is 1. The van der Waals surface area contributed by atoms with Gasteiger partial charge < -0.3 is 15.1 Å². The molecule has 8 heteroatoms. The number of amides is 2. The van der Waals surface area contributed by atoms with Gasteiger partial charge in [0.15, 0.2) is 0 Å². The summed E-state index contributed by atoms with van der Waals surface area (Å²) in [7, 11) is 3.57. The third-order valence-corrected chi connectivity index (χ3v) is 5.89. The molecule has 0 spiro atoms. The molecular formula is C24H28N6O2. The molecule has 8 nitrogen and oxygen atoms in total. The number of carbonyl (C=O) groups excluding carboxylic acids is 2. The van der Waals surface area contributed by atoms with E-state index in [1.807, 2.05) is 35.2 Å². The van der Waals surface area contributed by atoms with Crippen molar-refractivity contribution < 1.29 is 9.59 Å². The number of nitrogens with zero attached hydrogens (tertiary/aromatic N) is 4. The van der Waals surface area contributed by atoms with Gasteiger partial charge in [0.25, 0.3) is 11.8 Å². The van der Waals surface area contributed by atoms with Gasteiger partial charge in [-0.1, -0.05) is 30.3 Å². The second kappa shape index (κ2) is 9.64. The summed E-state index contributed by atoms with van der Waals surface area (Å²) in [5.74, 6) is 0.591. The van der Waals surface area contributed by atoms with E-state index in [-0.39, 0.29) is 17.7 Å². The summed E-state index contributed by atoms with van der Waals surface area (Å²) in [6.07, 6.45) is 5.00. The van der Waals surface area contributed by atoms with Gasteiger partial charge in [0.1, 0.15) is 5.82 Å². The fourth-order valence-corrected chi connectivity index (χ4v) is 4.19. The summed E-state index contributed by atoms with van der Waals surface area (Å²) < 4.78 is 0. The molecule has 1 aromatic carbocycles. The smallest absolute Gasteiger partial charge is 0.257 e. The maximum Gasteiger partial charge on any atom is 0.257 e. The number of benzene rings is 1. The molecule has 1 atom stereocenters. The van der Waals surface area contributed by atoms with Crippen LogP contribution in [0.5, 0.6) is 0 Å². The lowest BCUT2D eigenvalue weighted by Gasteiger charge is -2.33. The molecule has 166 valence electrons. The summed E-state index contributed by atoms with van der Waals surface area (Å²) in [6.45, 7) is 1.76. The topological polar surface area (TPSA) is 94.2 Å². The van der Waals surface area contributed by atoms with Gasteiger partial charge in [-0.2, -0.15) is 5.10 Å². The van der Waals surface area contributed by atoms with Crippen LogP contribution in [0, 0.1) is 0 Å². The Labute approximate surface area is 187 Å². The summed E-state index contributed by atoms with van der Waals surface area (Å²) in [6, 6.07) is 13.4. The molecule has 32 heavy (non-hydrogen) atoms. The Kier molecular flexibility index (Phi) is 6.49. The highest BCUT2D eigenvalue weighted by Crippen LogP contribution is 2.29. The number of hydrogen-bond donors (Lipinski definition) is 2. The van der Waals surface area contributed by atoms with Gasteiger partial charge in [-0.25, -0.2) is 4.98 Å². The summed E-state index contributed by atoms with van der Waals surface area (Å²) in [4.78, 5) is 34.0. The van der Waals surface area contributed by atoms with E-state index >= 15 is 0 Å². The van der Waals surface area contributed by atoms with Crippen LogP contribution in [0.2, 0.25) is 0 Å². The van der Waals surface area contributed by atoms with E-state index in [4.69, 9.17) is 0 Å². The molecule has 0 aliphatic carbocycles. The molecule has 0 radical (unpaired) electrons. The Bertz CT molecular complexity index is 1080. The number of likely N-dealkylation sites (tertiary alicyclic amines) is 1. The zero-order valence-corrected chi connectivity index (χ0v) is 18.4. The molecule has 1 unspecified atom stereocenters. The molecule has 2 amide bonds. The van der Waals surface area contributed by atoms with Crippen LogP contribution in [0.4, 0.5) is 5.82 Å². The van der Waals surface area contributed by atoms with Gasteiger partial charge >= 0.3 is 0 Å². The number of aromatic amines is 1. The van der Waals surface area contributed by atoms with Gasteiger partial charge in [-0.3, -0.25) is 14.7 Å². The Morgan fingerprint density at radius 3 is 2.84 bits per heavy atom. The number of pyridine rings is 1. The molecule has 3 aromatic rings. The number of nitrogens with one attached hydrogen (secondary N) is 2. The zero-order valence-electron chi connectivity index (χ0n) is 18.4. The molecule has 1 saturated heterocycles. The second-order valence-electron chi connectivity index (χ2n) is 8.11. The molecule has 1 aliphatic rings. The van der Waals surface area contributed by atoms with E-state index in [1.54, 1.807) is 43.5 Å². The van der Waals surface area contributed by atoms with Crippen molar-refractivity contribution in [3.05, 3.63) is 77.2 Å². The molecular weight excluding hydrogens is 404 g/mol. The maximum atomic E-state index is 13.2. The normalized spacial score (nSPS) is 15.9. The first-order chi connectivity index (χ1) is 15.6. The van der Waals surface area contributed by atoms with Crippen LogP contribution in [0.3, 0.4) is 0 Å². The van der Waals surface area contributed by atoms with Gasteiger partial charge in [0, 0.05) is 51.4 Å². The molecule has 1 aliphatic heterocycles. The van der Waals surface area contributed by atoms with Crippen molar-refractivity contribution in [2.45, 2.75) is 25.3 Å². The Balaban J connectivity index is 1.48. The number of carbonyl (C=O) groups is 2. The van der Waals surface area contributed by atoms with E-state index < -0.39 is 0 Å². The highest BCUT2D eigenvalue weighted by Gasteiger charge is 2.30. The highest BCUT2D eigenvalue weighted by molar-refractivity contribution is 5.96. The van der Waals surface area contributed by atoms with Crippen molar-refractivity contribution in [2.75, 3.05) is 32.5 Å². The SMILES string of the molecule is CNc1cc(C(=O)N2CCCC(c3[nH]ncc3C(=O)N(C)Cc3ccccc3)C2)ccn1. The van der Waals surface area contributed by atoms with Gasteiger partial charge in [-0.15, -0.1) is 0 Å². The molecule has 0 saturated carbocycles. The Morgan fingerprint density at radius 1 is 1.25 bits per heavy atom. The van der Waals surface area contributed by atoms with Crippen LogP contribution in [0.1, 0.15) is 50.7 Å². The van der Waals surface area contributed by atoms with Crippen LogP contribution in [0.25, 0.3) is 0 Å². The van der Waals surface area contributed by atoms with Gasteiger partial charge in [-0.05, 0) is 30.5 Å². The molecule has 2 aromatic heterocycles. The van der Waals surface area contributed by atoms with E-state index in [1.165, 1.54) is 0 Å². The van der Waals surface area contributed by atoms with Crippen LogP contribution in [0.15, 0.2) is 54.9 Å². The summed E-state index contributed by atoms with van der Waals surface area (Å²) in [5, 5.41) is 10.2. The van der Waals surface area contributed by atoms with Crippen molar-refractivity contribution in [3.63, 3.8) is 0 Å². The van der Waals surface area contributed by atoms with Crippen LogP contribution in [-0.4, -0.2) is 64.0 Å². The monoisotopic (exact) mass is 432 g/mol. The Hall–Kier alpha value is -3.68. The number of rotatable bonds is 6. The zero-order chi connectivity index (χ0) is 22.5. The van der Waals surface area contributed by atoms with E-state index in [0.717, 1.165) is 24.1 Å². The lowest BCUT2D eigenvalue weighted by atomic mass is 9.92. The first kappa shape index (κ1) is 21.5. The van der Waals surface area contributed by atoms with Crippen LogP contribution >= 0.6 is 0 Å². The predicted molar refractivity (Wildman–Crippen MR) is 122 cm³/mol. The molecule has 2 N–H and O–H groups in total. The summed E-state index contributed by atoms with van der Waals surface area (Å²) >= 11 is 0. The maximum absolute atomic E-state index is 13.2. The molecule has 1 fully saturated rings. The van der Waals surface area contributed by atoms with Crippen molar-refractivity contribution in [1.82, 2.24) is 25.0 Å². The molecule has 0 bridgehead atoms. The van der Waals surface area contributed by atoms with Gasteiger partial charge in [0.05, 0.1) is 17.5 Å². The minimum Gasteiger partial charge on any atom is -0.373 e. The van der Waals surface area contributed by atoms with Crippen molar-refractivity contribution in [1.29, 1.82) is 0 Å². The molecule has 3 heterocycles. The lowest BCUT2D eigenvalue weighted by Crippen LogP contribution is -2.39. The fourth-order valence-electron chi connectivity index (χ4n) is 4.19. The van der Waals surface area contributed by atoms with Crippen molar-refractivity contribution in [3.8, 4) is 0 Å². The standard InChI is InChI=1S/C24H28N6O2/c1-25-21-13-18(10-11-26-21)23(31)30-12-6-9-19(16-30)22-20(14-27-28-22)24(32)29(2)15-17-7-4-3-5-8-17/h3-5,7-8,10-11,13-14,19H,6,9,12,15-16H2,1-2H3,(H,25,26)(H,27,28). The predicted octanol–water partition coefficient (Wildman–Crippen LogP) is 3.14. The van der Waals surface area contributed by atoms with E-state index in [0.29, 0.717) is 36.6 Å². The minimum atomic E-state index is -0.0751. The number of aromatic nitrogens is 3. The van der Waals surface area contributed by atoms with Crippen LogP contribution < -0.4 is 5.32 Å². The highest BCUT2D eigenvalue weighted by atomic mass is 16.2. The van der Waals surface area contributed by atoms with E-state index in [9.17, 15) is 9.59 Å². The van der Waals surface area contributed by atoms with Crippen molar-refractivity contribution in [2.24, 2.45) is 0 Å².